The van der Waals surface area contributed by atoms with Crippen LogP contribution in [0.5, 0.6) is 5.75 Å². The molecular formula is C20H20N2O2S2. The lowest BCUT2D eigenvalue weighted by Crippen LogP contribution is -2.36. The van der Waals surface area contributed by atoms with E-state index in [1.54, 1.807) is 24.6 Å². The standard InChI is InChI=1S/C20H20N2O2S2/c1-24-17-6-2-4-14(11-17)10-16-5-3-8-22(16)20(23)18-12-21-19(26-18)15-7-9-25-13-15/h2,4,6-7,9,11-13,16H,3,5,8,10H2,1H3/t16-/m1/s1. The van der Waals surface area contributed by atoms with Gasteiger partial charge in [0.2, 0.25) is 0 Å². The minimum absolute atomic E-state index is 0.106. The van der Waals surface area contributed by atoms with Crippen molar-refractivity contribution in [2.45, 2.75) is 25.3 Å². The maximum absolute atomic E-state index is 13.0. The summed E-state index contributed by atoms with van der Waals surface area (Å²) >= 11 is 3.13. The normalized spacial score (nSPS) is 16.8. The second kappa shape index (κ2) is 7.60. The number of carbonyl (C=O) groups excluding carboxylic acids is 1. The van der Waals surface area contributed by atoms with Gasteiger partial charge in [0.1, 0.15) is 15.6 Å². The summed E-state index contributed by atoms with van der Waals surface area (Å²) in [6, 6.07) is 10.4. The summed E-state index contributed by atoms with van der Waals surface area (Å²) in [4.78, 5) is 20.2. The van der Waals surface area contributed by atoms with Crippen LogP contribution in [0.4, 0.5) is 0 Å². The number of thiazole rings is 1. The Kier molecular flexibility index (Phi) is 5.04. The van der Waals surface area contributed by atoms with Crippen LogP contribution in [0.1, 0.15) is 28.1 Å². The van der Waals surface area contributed by atoms with E-state index < -0.39 is 0 Å². The molecule has 0 aliphatic carbocycles. The van der Waals surface area contributed by atoms with Crippen molar-refractivity contribution in [3.05, 3.63) is 57.7 Å². The Morgan fingerprint density at radius 2 is 2.31 bits per heavy atom. The van der Waals surface area contributed by atoms with Gasteiger partial charge in [0.05, 0.1) is 13.3 Å². The average molecular weight is 385 g/mol. The van der Waals surface area contributed by atoms with Crippen molar-refractivity contribution in [1.82, 2.24) is 9.88 Å². The molecule has 1 atom stereocenters. The first kappa shape index (κ1) is 17.2. The van der Waals surface area contributed by atoms with E-state index in [1.165, 1.54) is 16.9 Å². The Hall–Kier alpha value is -2.18. The fraction of sp³-hybridized carbons (Fsp3) is 0.300. The first-order valence-corrected chi connectivity index (χ1v) is 10.4. The summed E-state index contributed by atoms with van der Waals surface area (Å²) in [6.45, 7) is 0.819. The third-order valence-electron chi connectivity index (χ3n) is 4.73. The minimum Gasteiger partial charge on any atom is -0.497 e. The first-order valence-electron chi connectivity index (χ1n) is 8.67. The molecule has 0 saturated carbocycles. The Balaban J connectivity index is 1.50. The van der Waals surface area contributed by atoms with E-state index >= 15 is 0 Å². The number of carbonyl (C=O) groups is 1. The number of methoxy groups -OCH3 is 1. The van der Waals surface area contributed by atoms with Gasteiger partial charge >= 0.3 is 0 Å². The summed E-state index contributed by atoms with van der Waals surface area (Å²) < 4.78 is 5.31. The van der Waals surface area contributed by atoms with Crippen molar-refractivity contribution < 1.29 is 9.53 Å². The van der Waals surface area contributed by atoms with Gasteiger partial charge in [-0.1, -0.05) is 12.1 Å². The summed E-state index contributed by atoms with van der Waals surface area (Å²) in [6.07, 6.45) is 4.68. The number of hydrogen-bond donors (Lipinski definition) is 0. The molecule has 2 aromatic heterocycles. The van der Waals surface area contributed by atoms with E-state index in [0.717, 1.165) is 47.0 Å². The van der Waals surface area contributed by atoms with Gasteiger partial charge in [0.15, 0.2) is 0 Å². The monoisotopic (exact) mass is 384 g/mol. The highest BCUT2D eigenvalue weighted by molar-refractivity contribution is 7.17. The molecule has 1 fully saturated rings. The van der Waals surface area contributed by atoms with E-state index in [4.69, 9.17) is 4.74 Å². The zero-order chi connectivity index (χ0) is 17.9. The molecule has 134 valence electrons. The fourth-order valence-electron chi connectivity index (χ4n) is 3.42. The van der Waals surface area contributed by atoms with Crippen LogP contribution in [0.2, 0.25) is 0 Å². The zero-order valence-electron chi connectivity index (χ0n) is 14.6. The second-order valence-electron chi connectivity index (χ2n) is 6.39. The second-order valence-corrected chi connectivity index (χ2v) is 8.20. The molecule has 0 radical (unpaired) electrons. The number of likely N-dealkylation sites (tertiary alicyclic amines) is 1. The number of aromatic nitrogens is 1. The van der Waals surface area contributed by atoms with Crippen molar-refractivity contribution in [2.75, 3.05) is 13.7 Å². The van der Waals surface area contributed by atoms with Crippen LogP contribution < -0.4 is 4.74 Å². The Morgan fingerprint density at radius 1 is 1.38 bits per heavy atom. The highest BCUT2D eigenvalue weighted by atomic mass is 32.1. The van der Waals surface area contributed by atoms with E-state index in [2.05, 4.69) is 22.5 Å². The minimum atomic E-state index is 0.106. The Morgan fingerprint density at radius 3 is 3.12 bits per heavy atom. The van der Waals surface area contributed by atoms with Gasteiger partial charge in [-0.05, 0) is 48.4 Å². The van der Waals surface area contributed by atoms with Crippen molar-refractivity contribution in [1.29, 1.82) is 0 Å². The number of amides is 1. The lowest BCUT2D eigenvalue weighted by molar-refractivity contribution is 0.0741. The van der Waals surface area contributed by atoms with Crippen molar-refractivity contribution in [3.8, 4) is 16.3 Å². The van der Waals surface area contributed by atoms with E-state index in [0.29, 0.717) is 0 Å². The zero-order valence-corrected chi connectivity index (χ0v) is 16.2. The van der Waals surface area contributed by atoms with Gasteiger partial charge in [0.25, 0.3) is 5.91 Å². The largest absolute Gasteiger partial charge is 0.497 e. The van der Waals surface area contributed by atoms with Crippen molar-refractivity contribution in [3.63, 3.8) is 0 Å². The first-order chi connectivity index (χ1) is 12.7. The van der Waals surface area contributed by atoms with Gasteiger partial charge in [-0.25, -0.2) is 4.98 Å². The average Bonchev–Trinajstić information content (AvgIpc) is 3.41. The number of rotatable bonds is 5. The van der Waals surface area contributed by atoms with E-state index in [9.17, 15) is 4.79 Å². The van der Waals surface area contributed by atoms with Crippen LogP contribution in [0, 0.1) is 0 Å². The molecular weight excluding hydrogens is 364 g/mol. The third kappa shape index (κ3) is 3.52. The van der Waals surface area contributed by atoms with Crippen LogP contribution >= 0.6 is 22.7 Å². The molecule has 0 N–H and O–H groups in total. The van der Waals surface area contributed by atoms with Crippen LogP contribution in [0.25, 0.3) is 10.6 Å². The third-order valence-corrected chi connectivity index (χ3v) is 6.45. The predicted octanol–water partition coefficient (Wildman–Crippen LogP) is 4.73. The number of hydrogen-bond acceptors (Lipinski definition) is 5. The van der Waals surface area contributed by atoms with Crippen LogP contribution in [0.3, 0.4) is 0 Å². The highest BCUT2D eigenvalue weighted by Crippen LogP contribution is 2.30. The quantitative estimate of drug-likeness (QED) is 0.639. The molecule has 26 heavy (non-hydrogen) atoms. The molecule has 6 heteroatoms. The molecule has 0 bridgehead atoms. The SMILES string of the molecule is COc1cccc(C[C@H]2CCCN2C(=O)c2cnc(-c3ccsc3)s2)c1. The summed E-state index contributed by atoms with van der Waals surface area (Å²) in [5, 5.41) is 5.01. The van der Waals surface area contributed by atoms with Gasteiger partial charge in [-0.15, -0.1) is 11.3 Å². The summed E-state index contributed by atoms with van der Waals surface area (Å²) in [5.74, 6) is 0.968. The molecule has 1 amide bonds. The molecule has 3 aromatic rings. The molecule has 1 aliphatic heterocycles. The highest BCUT2D eigenvalue weighted by Gasteiger charge is 2.30. The lowest BCUT2D eigenvalue weighted by atomic mass is 10.0. The van der Waals surface area contributed by atoms with Crippen LogP contribution in [-0.2, 0) is 6.42 Å². The number of nitrogens with zero attached hydrogens (tertiary/aromatic N) is 2. The van der Waals surface area contributed by atoms with Gasteiger partial charge < -0.3 is 9.64 Å². The van der Waals surface area contributed by atoms with E-state index in [1.807, 2.05) is 28.5 Å². The van der Waals surface area contributed by atoms with Crippen molar-refractivity contribution in [2.24, 2.45) is 0 Å². The molecule has 4 nitrogen and oxygen atoms in total. The number of benzene rings is 1. The topological polar surface area (TPSA) is 42.4 Å². The molecule has 0 unspecified atom stereocenters. The van der Waals surface area contributed by atoms with Crippen molar-refractivity contribution >= 4 is 28.6 Å². The molecule has 1 saturated heterocycles. The van der Waals surface area contributed by atoms with Gasteiger partial charge in [0, 0.05) is 23.5 Å². The van der Waals surface area contributed by atoms with Crippen LogP contribution in [0.15, 0.2) is 47.3 Å². The molecule has 0 spiro atoms. The van der Waals surface area contributed by atoms with Gasteiger partial charge in [-0.3, -0.25) is 4.79 Å². The fourth-order valence-corrected chi connectivity index (χ4v) is 5.00. The smallest absolute Gasteiger partial charge is 0.265 e. The number of ether oxygens (including phenoxy) is 1. The molecule has 4 rings (SSSR count). The Labute approximate surface area is 161 Å². The predicted molar refractivity (Wildman–Crippen MR) is 106 cm³/mol. The van der Waals surface area contributed by atoms with E-state index in [-0.39, 0.29) is 11.9 Å². The Bertz CT molecular complexity index is 889. The summed E-state index contributed by atoms with van der Waals surface area (Å²) in [5.41, 5.74) is 2.30. The lowest BCUT2D eigenvalue weighted by Gasteiger charge is -2.24. The number of thiophene rings is 1. The molecule has 1 aliphatic rings. The molecule has 1 aromatic carbocycles. The van der Waals surface area contributed by atoms with Crippen LogP contribution in [-0.4, -0.2) is 35.5 Å². The maximum Gasteiger partial charge on any atom is 0.265 e. The van der Waals surface area contributed by atoms with Gasteiger partial charge in [-0.2, -0.15) is 11.3 Å². The molecule has 3 heterocycles. The maximum atomic E-state index is 13.0. The summed E-state index contributed by atoms with van der Waals surface area (Å²) in [7, 11) is 1.68.